The molecule has 2 aromatic carbocycles. The molecule has 0 bridgehead atoms. The average molecular weight is 582 g/mol. The van der Waals surface area contributed by atoms with Crippen LogP contribution in [0, 0.1) is 0 Å². The Balaban J connectivity index is 1.41. The molecule has 0 fully saturated rings. The highest BCUT2D eigenvalue weighted by Crippen LogP contribution is 2.39. The summed E-state index contributed by atoms with van der Waals surface area (Å²) in [4.78, 5) is 39.4. The lowest BCUT2D eigenvalue weighted by Gasteiger charge is -2.16. The third-order valence-electron chi connectivity index (χ3n) is 6.38. The molecule has 0 spiro atoms. The van der Waals surface area contributed by atoms with Crippen LogP contribution in [0.15, 0.2) is 53.4 Å². The molecule has 4 rings (SSSR count). The maximum atomic E-state index is 13.3. The van der Waals surface area contributed by atoms with Crippen LogP contribution >= 0.6 is 35.3 Å². The van der Waals surface area contributed by atoms with E-state index in [1.54, 1.807) is 24.3 Å². The van der Waals surface area contributed by atoms with Crippen LogP contribution in [0.5, 0.6) is 0 Å². The predicted octanol–water partition coefficient (Wildman–Crippen LogP) is 6.93. The number of benzene rings is 2. The summed E-state index contributed by atoms with van der Waals surface area (Å²) in [6.07, 6.45) is 4.49. The largest absolute Gasteiger partial charge is 0.465 e. The number of rotatable bonds is 9. The highest BCUT2D eigenvalue weighted by atomic mass is 32.2. The molecular weight excluding hydrogens is 551 g/mol. The Hall–Kier alpha value is -3.21. The highest BCUT2D eigenvalue weighted by molar-refractivity contribution is 8.00. The topological polar surface area (TPSA) is 96.5 Å². The molecule has 39 heavy (non-hydrogen) atoms. The van der Waals surface area contributed by atoms with E-state index >= 15 is 0 Å². The van der Waals surface area contributed by atoms with Crippen molar-refractivity contribution in [2.24, 2.45) is 0 Å². The van der Waals surface area contributed by atoms with E-state index in [9.17, 15) is 14.4 Å². The first-order valence-electron chi connectivity index (χ1n) is 12.8. The number of hydrogen-bond acceptors (Lipinski definition) is 7. The van der Waals surface area contributed by atoms with Crippen molar-refractivity contribution in [3.63, 3.8) is 0 Å². The van der Waals surface area contributed by atoms with Crippen molar-refractivity contribution in [1.29, 1.82) is 0 Å². The van der Waals surface area contributed by atoms with Crippen molar-refractivity contribution in [1.82, 2.24) is 0 Å². The van der Waals surface area contributed by atoms with Crippen LogP contribution in [0.4, 0.5) is 16.4 Å². The zero-order valence-corrected chi connectivity index (χ0v) is 24.5. The number of carbonyl (C=O) groups is 3. The number of Topliss-reactive ketones (excluding diaryl/α,β-unsaturated/α-hetero) is 1. The van der Waals surface area contributed by atoms with Crippen LogP contribution in [-0.2, 0) is 22.4 Å². The first-order valence-corrected chi connectivity index (χ1v) is 14.9. The van der Waals surface area contributed by atoms with Crippen LogP contribution in [0.25, 0.3) is 0 Å². The molecule has 1 amide bonds. The monoisotopic (exact) mass is 581 g/mol. The number of thioether (sulfide) groups is 1. The third-order valence-corrected chi connectivity index (χ3v) is 9.15. The van der Waals surface area contributed by atoms with E-state index in [1.165, 1.54) is 37.1 Å². The number of ketones is 1. The number of thiophene rings is 1. The third kappa shape index (κ3) is 7.26. The van der Waals surface area contributed by atoms with Crippen LogP contribution in [-0.4, -0.2) is 35.1 Å². The summed E-state index contributed by atoms with van der Waals surface area (Å²) in [7, 11) is 1.37. The molecular formula is C29H31N3O4S3. The van der Waals surface area contributed by atoms with Gasteiger partial charge in [-0.1, -0.05) is 13.0 Å². The molecule has 1 heterocycles. The van der Waals surface area contributed by atoms with Gasteiger partial charge in [-0.05, 0) is 99.3 Å². The Bertz CT molecular complexity index is 1380. The summed E-state index contributed by atoms with van der Waals surface area (Å²) in [5.41, 5.74) is 3.72. The van der Waals surface area contributed by atoms with Crippen LogP contribution in [0.2, 0.25) is 0 Å². The maximum absolute atomic E-state index is 13.3. The normalized spacial score (nSPS) is 13.1. The Kier molecular flexibility index (Phi) is 9.77. The quantitative estimate of drug-likeness (QED) is 0.108. The van der Waals surface area contributed by atoms with E-state index in [4.69, 9.17) is 17.0 Å². The minimum Gasteiger partial charge on any atom is -0.465 e. The van der Waals surface area contributed by atoms with Crippen molar-refractivity contribution in [2.45, 2.75) is 56.1 Å². The van der Waals surface area contributed by atoms with Crippen LogP contribution < -0.4 is 16.0 Å². The molecule has 1 aliphatic rings. The summed E-state index contributed by atoms with van der Waals surface area (Å²) in [6, 6.07) is 14.8. The van der Waals surface area contributed by atoms with Gasteiger partial charge in [-0.25, -0.2) is 4.79 Å². The van der Waals surface area contributed by atoms with Gasteiger partial charge in [0.15, 0.2) is 10.9 Å². The van der Waals surface area contributed by atoms with Crippen LogP contribution in [0.3, 0.4) is 0 Å². The van der Waals surface area contributed by atoms with Gasteiger partial charge in [0.05, 0.1) is 17.9 Å². The fourth-order valence-electron chi connectivity index (χ4n) is 4.38. The fraction of sp³-hybridized carbons (Fsp3) is 0.310. The molecule has 0 radical (unpaired) electrons. The Morgan fingerprint density at radius 1 is 1.03 bits per heavy atom. The summed E-state index contributed by atoms with van der Waals surface area (Å²) in [5.74, 6) is -0.534. The molecule has 204 valence electrons. The molecule has 3 N–H and O–H groups in total. The highest BCUT2D eigenvalue weighted by Gasteiger charge is 2.28. The number of nitrogens with one attached hydrogen (secondary N) is 3. The number of fused-ring (bicyclic) bond motifs is 1. The first kappa shape index (κ1) is 28.8. The second-order valence-electron chi connectivity index (χ2n) is 9.15. The molecule has 0 saturated heterocycles. The first-order chi connectivity index (χ1) is 18.8. The SMILES string of the molecule is CCC(Sc1cccc(NC(=S)Nc2ccc(C(C)=O)cc2)c1)C(=O)Nc1sc2c(c1C(=O)OC)CCCC2. The number of ether oxygens (including phenoxy) is 1. The smallest absolute Gasteiger partial charge is 0.341 e. The number of hydrogen-bond donors (Lipinski definition) is 3. The number of thiocarbonyl (C=S) groups is 1. The summed E-state index contributed by atoms with van der Waals surface area (Å²) in [5, 5.41) is 9.96. The number of aryl methyl sites for hydroxylation is 1. The minimum absolute atomic E-state index is 0.00837. The number of methoxy groups -OCH3 is 1. The van der Waals surface area contributed by atoms with Crippen LogP contribution in [0.1, 0.15) is 64.3 Å². The molecule has 7 nitrogen and oxygen atoms in total. The number of anilines is 3. The Morgan fingerprint density at radius 2 is 1.74 bits per heavy atom. The lowest BCUT2D eigenvalue weighted by atomic mass is 9.95. The van der Waals surface area contributed by atoms with Crippen molar-refractivity contribution in [3.05, 3.63) is 70.1 Å². The molecule has 10 heteroatoms. The molecule has 1 unspecified atom stereocenters. The molecule has 1 aliphatic carbocycles. The Labute approximate surface area is 242 Å². The minimum atomic E-state index is -0.399. The van der Waals surface area contributed by atoms with E-state index in [2.05, 4.69) is 16.0 Å². The summed E-state index contributed by atoms with van der Waals surface area (Å²) in [6.45, 7) is 3.50. The lowest BCUT2D eigenvalue weighted by molar-refractivity contribution is -0.115. The van der Waals surface area contributed by atoms with Gasteiger partial charge in [-0.3, -0.25) is 9.59 Å². The van der Waals surface area contributed by atoms with Gasteiger partial charge >= 0.3 is 5.97 Å². The molecule has 1 aromatic heterocycles. The Morgan fingerprint density at radius 3 is 2.44 bits per heavy atom. The van der Waals surface area contributed by atoms with E-state index in [1.807, 2.05) is 31.2 Å². The number of amides is 1. The zero-order valence-electron chi connectivity index (χ0n) is 22.1. The molecule has 3 aromatic rings. The van der Waals surface area contributed by atoms with Crippen molar-refractivity contribution in [2.75, 3.05) is 23.1 Å². The second-order valence-corrected chi connectivity index (χ2v) is 11.9. The molecule has 0 saturated carbocycles. The standard InChI is InChI=1S/C29H31N3O4S3/c1-4-23(26(34)32-27-25(28(35)36-3)22-10-5-6-11-24(22)39-27)38-21-9-7-8-20(16-21)31-29(37)30-19-14-12-18(13-15-19)17(2)33/h7-9,12-16,23H,4-6,10-11H2,1-3H3,(H,32,34)(H2,30,31,37). The van der Waals surface area contributed by atoms with Gasteiger partial charge < -0.3 is 20.7 Å². The van der Waals surface area contributed by atoms with Crippen molar-refractivity contribution < 1.29 is 19.1 Å². The summed E-state index contributed by atoms with van der Waals surface area (Å²) >= 11 is 8.41. The van der Waals surface area contributed by atoms with E-state index in [-0.39, 0.29) is 16.9 Å². The average Bonchev–Trinajstić information content (AvgIpc) is 3.29. The van der Waals surface area contributed by atoms with Gasteiger partial charge in [-0.2, -0.15) is 0 Å². The van der Waals surface area contributed by atoms with E-state index in [0.717, 1.165) is 52.4 Å². The van der Waals surface area contributed by atoms with Gasteiger partial charge in [0.2, 0.25) is 5.91 Å². The molecule has 0 aliphatic heterocycles. The van der Waals surface area contributed by atoms with E-state index in [0.29, 0.717) is 27.7 Å². The van der Waals surface area contributed by atoms with E-state index < -0.39 is 5.97 Å². The van der Waals surface area contributed by atoms with Crippen molar-refractivity contribution >= 4 is 74.5 Å². The number of carbonyl (C=O) groups excluding carboxylic acids is 3. The zero-order chi connectivity index (χ0) is 27.9. The van der Waals surface area contributed by atoms with Gasteiger partial charge in [-0.15, -0.1) is 23.1 Å². The maximum Gasteiger partial charge on any atom is 0.341 e. The predicted molar refractivity (Wildman–Crippen MR) is 164 cm³/mol. The van der Waals surface area contributed by atoms with Gasteiger partial charge in [0, 0.05) is 26.7 Å². The molecule has 1 atom stereocenters. The number of esters is 1. The van der Waals surface area contributed by atoms with Gasteiger partial charge in [0.1, 0.15) is 5.00 Å². The summed E-state index contributed by atoms with van der Waals surface area (Å²) < 4.78 is 5.04. The lowest BCUT2D eigenvalue weighted by Crippen LogP contribution is -2.25. The fourth-order valence-corrected chi connectivity index (χ4v) is 6.91. The van der Waals surface area contributed by atoms with Crippen molar-refractivity contribution in [3.8, 4) is 0 Å². The van der Waals surface area contributed by atoms with Gasteiger partial charge in [0.25, 0.3) is 0 Å². The second kappa shape index (κ2) is 13.2.